The van der Waals surface area contributed by atoms with Gasteiger partial charge in [0.25, 0.3) is 5.91 Å². The maximum absolute atomic E-state index is 12.5. The van der Waals surface area contributed by atoms with Crippen molar-refractivity contribution in [2.24, 2.45) is 0 Å². The van der Waals surface area contributed by atoms with Gasteiger partial charge in [0, 0.05) is 34.0 Å². The van der Waals surface area contributed by atoms with E-state index in [1.54, 1.807) is 7.11 Å². The average Bonchev–Trinajstić information content (AvgIpc) is 3.23. The quantitative estimate of drug-likeness (QED) is 0.362. The summed E-state index contributed by atoms with van der Waals surface area (Å²) in [6.45, 7) is 0.418. The van der Waals surface area contributed by atoms with Crippen LogP contribution in [0.15, 0.2) is 83.5 Å². The third-order valence-corrected chi connectivity index (χ3v) is 5.73. The highest BCUT2D eigenvalue weighted by molar-refractivity contribution is 9.10. The van der Waals surface area contributed by atoms with E-state index in [-0.39, 0.29) is 18.4 Å². The van der Waals surface area contributed by atoms with Crippen molar-refractivity contribution >= 4 is 32.7 Å². The molecule has 158 valence electrons. The normalized spacial score (nSPS) is 11.8. The molecule has 0 spiro atoms. The lowest BCUT2D eigenvalue weighted by molar-refractivity contribution is -0.123. The van der Waals surface area contributed by atoms with Crippen molar-refractivity contribution in [2.45, 2.75) is 5.92 Å². The second-order valence-electron chi connectivity index (χ2n) is 7.16. The summed E-state index contributed by atoms with van der Waals surface area (Å²) in [6, 6.07) is 23.5. The summed E-state index contributed by atoms with van der Waals surface area (Å²) in [4.78, 5) is 15.8. The van der Waals surface area contributed by atoms with Gasteiger partial charge in [-0.1, -0.05) is 46.3 Å². The van der Waals surface area contributed by atoms with E-state index in [4.69, 9.17) is 9.47 Å². The van der Waals surface area contributed by atoms with Crippen LogP contribution in [0.1, 0.15) is 17.0 Å². The highest BCUT2D eigenvalue weighted by Crippen LogP contribution is 2.31. The van der Waals surface area contributed by atoms with Crippen LogP contribution in [0.5, 0.6) is 11.5 Å². The summed E-state index contributed by atoms with van der Waals surface area (Å²) in [5.74, 6) is 1.27. The number of ether oxygens (including phenoxy) is 2. The predicted molar refractivity (Wildman–Crippen MR) is 126 cm³/mol. The number of carbonyl (C=O) groups is 1. The molecule has 3 aromatic carbocycles. The minimum atomic E-state index is -0.165. The van der Waals surface area contributed by atoms with Gasteiger partial charge in [-0.2, -0.15) is 0 Å². The van der Waals surface area contributed by atoms with Gasteiger partial charge in [0.05, 0.1) is 7.11 Å². The van der Waals surface area contributed by atoms with Crippen LogP contribution in [0.4, 0.5) is 0 Å². The number of amides is 1. The van der Waals surface area contributed by atoms with Crippen LogP contribution in [0.25, 0.3) is 10.9 Å². The third kappa shape index (κ3) is 5.09. The Kier molecular flexibility index (Phi) is 6.57. The number of aromatic nitrogens is 1. The van der Waals surface area contributed by atoms with Gasteiger partial charge in [-0.25, -0.2) is 0 Å². The van der Waals surface area contributed by atoms with Gasteiger partial charge in [-0.05, 0) is 53.6 Å². The molecule has 0 saturated heterocycles. The molecule has 1 heterocycles. The first-order chi connectivity index (χ1) is 15.1. The number of hydrogen-bond donors (Lipinski definition) is 2. The Morgan fingerprint density at radius 2 is 1.71 bits per heavy atom. The first-order valence-electron chi connectivity index (χ1n) is 9.99. The van der Waals surface area contributed by atoms with Gasteiger partial charge < -0.3 is 19.8 Å². The monoisotopic (exact) mass is 478 g/mol. The standard InChI is InChI=1S/C25H23BrN2O3/c1-30-19-10-6-17(7-11-19)22(23-15-27-24-5-3-2-4-21(23)24)14-28-25(29)16-31-20-12-8-18(26)9-13-20/h2-13,15,22,27H,14,16H2,1H3,(H,28,29)/t22-/m1/s1. The number of rotatable bonds is 8. The summed E-state index contributed by atoms with van der Waals surface area (Å²) in [5.41, 5.74) is 3.30. The highest BCUT2D eigenvalue weighted by Gasteiger charge is 2.19. The number of aromatic amines is 1. The van der Waals surface area contributed by atoms with Gasteiger partial charge in [0.15, 0.2) is 6.61 Å². The summed E-state index contributed by atoms with van der Waals surface area (Å²) in [7, 11) is 1.65. The number of hydrogen-bond acceptors (Lipinski definition) is 3. The lowest BCUT2D eigenvalue weighted by Gasteiger charge is -2.19. The maximum atomic E-state index is 12.5. The molecule has 5 nitrogen and oxygen atoms in total. The highest BCUT2D eigenvalue weighted by atomic mass is 79.9. The van der Waals surface area contributed by atoms with Crippen molar-refractivity contribution in [1.82, 2.24) is 10.3 Å². The Labute approximate surface area is 189 Å². The largest absolute Gasteiger partial charge is 0.497 e. The minimum Gasteiger partial charge on any atom is -0.497 e. The number of carbonyl (C=O) groups excluding carboxylic acids is 1. The lowest BCUT2D eigenvalue weighted by atomic mass is 9.91. The van der Waals surface area contributed by atoms with Crippen molar-refractivity contribution in [1.29, 1.82) is 0 Å². The van der Waals surface area contributed by atoms with Crippen molar-refractivity contribution in [3.05, 3.63) is 94.6 Å². The molecule has 0 bridgehead atoms. The molecule has 0 saturated carbocycles. The average molecular weight is 479 g/mol. The van der Waals surface area contributed by atoms with Crippen LogP contribution >= 0.6 is 15.9 Å². The van der Waals surface area contributed by atoms with E-state index in [0.29, 0.717) is 12.3 Å². The van der Waals surface area contributed by atoms with E-state index in [0.717, 1.165) is 32.3 Å². The number of H-pyrrole nitrogens is 1. The summed E-state index contributed by atoms with van der Waals surface area (Å²) >= 11 is 3.39. The predicted octanol–water partition coefficient (Wildman–Crippen LogP) is 5.27. The van der Waals surface area contributed by atoms with Crippen molar-refractivity contribution in [3.8, 4) is 11.5 Å². The van der Waals surface area contributed by atoms with Gasteiger partial charge in [-0.3, -0.25) is 4.79 Å². The Balaban J connectivity index is 1.50. The van der Waals surface area contributed by atoms with Crippen molar-refractivity contribution in [2.75, 3.05) is 20.3 Å². The first kappa shape index (κ1) is 21.0. The number of methoxy groups -OCH3 is 1. The van der Waals surface area contributed by atoms with Crippen LogP contribution in [0.3, 0.4) is 0 Å². The second-order valence-corrected chi connectivity index (χ2v) is 8.08. The molecular weight excluding hydrogens is 456 g/mol. The maximum Gasteiger partial charge on any atom is 0.257 e. The van der Waals surface area contributed by atoms with E-state index in [1.807, 2.05) is 66.9 Å². The zero-order valence-electron chi connectivity index (χ0n) is 17.1. The summed E-state index contributed by atoms with van der Waals surface area (Å²) < 4.78 is 11.9. The summed E-state index contributed by atoms with van der Waals surface area (Å²) in [6.07, 6.45) is 2.02. The Morgan fingerprint density at radius 1 is 1.00 bits per heavy atom. The van der Waals surface area contributed by atoms with E-state index >= 15 is 0 Å². The molecule has 0 aliphatic rings. The third-order valence-electron chi connectivity index (χ3n) is 5.20. The van der Waals surface area contributed by atoms with Crippen LogP contribution in [0, 0.1) is 0 Å². The van der Waals surface area contributed by atoms with Crippen molar-refractivity contribution in [3.63, 3.8) is 0 Å². The molecule has 4 rings (SSSR count). The Hall–Kier alpha value is -3.25. The molecule has 1 aromatic heterocycles. The molecule has 2 N–H and O–H groups in total. The fourth-order valence-electron chi connectivity index (χ4n) is 3.57. The van der Waals surface area contributed by atoms with Gasteiger partial charge in [0.1, 0.15) is 11.5 Å². The molecule has 4 aromatic rings. The molecule has 1 amide bonds. The smallest absolute Gasteiger partial charge is 0.257 e. The zero-order chi connectivity index (χ0) is 21.6. The fourth-order valence-corrected chi connectivity index (χ4v) is 3.84. The van der Waals surface area contributed by atoms with Crippen LogP contribution in [-0.2, 0) is 4.79 Å². The number of benzene rings is 3. The molecule has 0 aliphatic carbocycles. The molecule has 0 aliphatic heterocycles. The SMILES string of the molecule is COc1ccc([C@@H](CNC(=O)COc2ccc(Br)cc2)c2c[nH]c3ccccc23)cc1. The zero-order valence-corrected chi connectivity index (χ0v) is 18.7. The molecule has 0 radical (unpaired) electrons. The molecule has 31 heavy (non-hydrogen) atoms. The number of para-hydroxylation sites is 1. The molecule has 6 heteroatoms. The van der Waals surface area contributed by atoms with Gasteiger partial charge in [0.2, 0.25) is 0 Å². The first-order valence-corrected chi connectivity index (χ1v) is 10.8. The van der Waals surface area contributed by atoms with Gasteiger partial charge >= 0.3 is 0 Å². The molecule has 0 fully saturated rings. The summed E-state index contributed by atoms with van der Waals surface area (Å²) in [5, 5.41) is 4.17. The topological polar surface area (TPSA) is 63.4 Å². The Bertz CT molecular complexity index is 1150. The molecule has 0 unspecified atom stereocenters. The number of nitrogens with one attached hydrogen (secondary N) is 2. The van der Waals surface area contributed by atoms with Crippen molar-refractivity contribution < 1.29 is 14.3 Å². The van der Waals surface area contributed by atoms with Crippen LogP contribution in [0.2, 0.25) is 0 Å². The number of halogens is 1. The molecular formula is C25H23BrN2O3. The number of fused-ring (bicyclic) bond motifs is 1. The van der Waals surface area contributed by atoms with E-state index in [1.165, 1.54) is 0 Å². The van der Waals surface area contributed by atoms with E-state index < -0.39 is 0 Å². The van der Waals surface area contributed by atoms with Crippen LogP contribution in [-0.4, -0.2) is 31.2 Å². The van der Waals surface area contributed by atoms with Gasteiger partial charge in [-0.15, -0.1) is 0 Å². The van der Waals surface area contributed by atoms with E-state index in [9.17, 15) is 4.79 Å². The fraction of sp³-hybridized carbons (Fsp3) is 0.160. The second kappa shape index (κ2) is 9.71. The molecule has 1 atom stereocenters. The lowest BCUT2D eigenvalue weighted by Crippen LogP contribution is -2.32. The minimum absolute atomic E-state index is 0.0151. The Morgan fingerprint density at radius 3 is 2.45 bits per heavy atom. The van der Waals surface area contributed by atoms with E-state index in [2.05, 4.69) is 38.4 Å². The van der Waals surface area contributed by atoms with Crippen LogP contribution < -0.4 is 14.8 Å².